The number of Topliss-reactive ketones (excluding diaryl/α,β-unsaturated/α-hetero) is 1. The Morgan fingerprint density at radius 1 is 1.11 bits per heavy atom. The highest BCUT2D eigenvalue weighted by Crippen LogP contribution is 2.33. The van der Waals surface area contributed by atoms with E-state index in [4.69, 9.17) is 11.6 Å². The Morgan fingerprint density at radius 2 is 1.84 bits per heavy atom. The molecule has 2 atom stereocenters. The van der Waals surface area contributed by atoms with Crippen LogP contribution >= 0.6 is 11.6 Å². The molecule has 0 bridgehead atoms. The molecule has 0 saturated carbocycles. The molecule has 1 unspecified atom stereocenters. The zero-order valence-corrected chi connectivity index (χ0v) is 22.4. The quantitative estimate of drug-likeness (QED) is 0.408. The summed E-state index contributed by atoms with van der Waals surface area (Å²) in [6.45, 7) is 3.51. The number of halogens is 2. The Kier molecular flexibility index (Phi) is 7.77. The average molecular weight is 535 g/mol. The third kappa shape index (κ3) is 5.31. The van der Waals surface area contributed by atoms with Crippen molar-refractivity contribution in [1.29, 1.82) is 0 Å². The summed E-state index contributed by atoms with van der Waals surface area (Å²) in [4.78, 5) is 34.7. The number of rotatable bonds is 7. The van der Waals surface area contributed by atoms with Crippen LogP contribution < -0.4 is 10.2 Å². The fourth-order valence-electron chi connectivity index (χ4n) is 5.67. The lowest BCUT2D eigenvalue weighted by Gasteiger charge is -2.38. The average Bonchev–Trinajstić information content (AvgIpc) is 3.34. The minimum atomic E-state index is -0.632. The molecule has 1 saturated heterocycles. The number of anilines is 1. The number of piperidine rings is 1. The smallest absolute Gasteiger partial charge is 0.253 e. The Morgan fingerprint density at radius 3 is 2.55 bits per heavy atom. The molecule has 1 N–H and O–H groups in total. The van der Waals surface area contributed by atoms with Gasteiger partial charge in [0.25, 0.3) is 5.91 Å². The van der Waals surface area contributed by atoms with Crippen molar-refractivity contribution in [2.75, 3.05) is 25.0 Å². The maximum Gasteiger partial charge on any atom is 0.253 e. The van der Waals surface area contributed by atoms with Gasteiger partial charge in [-0.05, 0) is 80.1 Å². The normalized spacial score (nSPS) is 18.2. The summed E-state index contributed by atoms with van der Waals surface area (Å²) >= 11 is 6.12. The maximum atomic E-state index is 14.3. The molecule has 0 spiro atoms. The number of fused-ring (bicyclic) bond motifs is 1. The number of pyridine rings is 1. The second-order valence-electron chi connectivity index (χ2n) is 10.2. The Labute approximate surface area is 227 Å². The Balaban J connectivity index is 1.25. The molecule has 5 rings (SSSR count). The fraction of sp³-hybridized carbons (Fsp3) is 0.367. The van der Waals surface area contributed by atoms with Crippen molar-refractivity contribution in [2.24, 2.45) is 0 Å². The Bertz CT molecular complexity index is 1310. The molecule has 3 aromatic rings. The highest BCUT2D eigenvalue weighted by Gasteiger charge is 2.30. The van der Waals surface area contributed by atoms with E-state index in [1.54, 1.807) is 19.3 Å². The van der Waals surface area contributed by atoms with Crippen LogP contribution in [-0.2, 0) is 6.42 Å². The highest BCUT2D eigenvalue weighted by molar-refractivity contribution is 6.34. The standard InChI is InChI=1S/C30H32ClFN4O2/c1-19(29(37)28-25(31)4-3-5-26(28)32)34-27-9-8-20-6-7-21(18-24(20)27)30(38)35(2)22-12-16-36(17-13-22)23-10-14-33-15-11-23/h3-7,10-11,14-15,18-19,22,27,34H,8-9,12-13,16-17H2,1-2H3/t19?,27-/m1/s1. The maximum absolute atomic E-state index is 14.3. The van der Waals surface area contributed by atoms with Crippen LogP contribution in [0.2, 0.25) is 5.02 Å². The predicted molar refractivity (Wildman–Crippen MR) is 147 cm³/mol. The van der Waals surface area contributed by atoms with E-state index in [0.29, 0.717) is 5.56 Å². The summed E-state index contributed by atoms with van der Waals surface area (Å²) < 4.78 is 14.3. The molecule has 2 aliphatic rings. The number of hydrogen-bond acceptors (Lipinski definition) is 5. The summed E-state index contributed by atoms with van der Waals surface area (Å²) in [5, 5.41) is 3.47. The summed E-state index contributed by atoms with van der Waals surface area (Å²) in [6, 6.07) is 13.6. The van der Waals surface area contributed by atoms with E-state index in [0.717, 1.165) is 55.6 Å². The summed E-state index contributed by atoms with van der Waals surface area (Å²) in [7, 11) is 1.89. The van der Waals surface area contributed by atoms with E-state index < -0.39 is 11.9 Å². The fourth-order valence-corrected chi connectivity index (χ4v) is 5.93. The van der Waals surface area contributed by atoms with Gasteiger partial charge in [-0.25, -0.2) is 4.39 Å². The van der Waals surface area contributed by atoms with Gasteiger partial charge in [0.1, 0.15) is 5.82 Å². The van der Waals surface area contributed by atoms with Crippen LogP contribution in [-0.4, -0.2) is 53.8 Å². The van der Waals surface area contributed by atoms with Crippen LogP contribution in [0.25, 0.3) is 0 Å². The third-order valence-corrected chi connectivity index (χ3v) is 8.20. The molecule has 6 nitrogen and oxygen atoms in total. The van der Waals surface area contributed by atoms with Gasteiger partial charge in [-0.2, -0.15) is 0 Å². The van der Waals surface area contributed by atoms with Crippen LogP contribution in [0.5, 0.6) is 0 Å². The molecule has 2 heterocycles. The molecule has 2 aromatic carbocycles. The van der Waals surface area contributed by atoms with Gasteiger partial charge >= 0.3 is 0 Å². The van der Waals surface area contributed by atoms with E-state index in [-0.39, 0.29) is 34.4 Å². The second kappa shape index (κ2) is 11.2. The van der Waals surface area contributed by atoms with Gasteiger partial charge in [0, 0.05) is 55.9 Å². The van der Waals surface area contributed by atoms with Crippen molar-refractivity contribution < 1.29 is 14.0 Å². The van der Waals surface area contributed by atoms with Crippen LogP contribution in [0.3, 0.4) is 0 Å². The molecule has 1 amide bonds. The zero-order chi connectivity index (χ0) is 26.8. The van der Waals surface area contributed by atoms with E-state index in [2.05, 4.69) is 15.2 Å². The molecule has 1 aliphatic heterocycles. The van der Waals surface area contributed by atoms with Crippen molar-refractivity contribution in [2.45, 2.75) is 50.7 Å². The molecule has 0 radical (unpaired) electrons. The topological polar surface area (TPSA) is 65.5 Å². The van der Waals surface area contributed by atoms with Gasteiger partial charge in [-0.1, -0.05) is 23.7 Å². The highest BCUT2D eigenvalue weighted by atomic mass is 35.5. The first-order valence-corrected chi connectivity index (χ1v) is 13.5. The van der Waals surface area contributed by atoms with Crippen LogP contribution in [0.4, 0.5) is 10.1 Å². The van der Waals surface area contributed by atoms with Gasteiger partial charge < -0.3 is 15.1 Å². The number of aryl methyl sites for hydroxylation is 1. The number of benzene rings is 2. The number of hydrogen-bond donors (Lipinski definition) is 1. The number of nitrogens with zero attached hydrogens (tertiary/aromatic N) is 3. The van der Waals surface area contributed by atoms with Gasteiger partial charge in [-0.15, -0.1) is 0 Å². The SMILES string of the molecule is CC(N[C@@H]1CCc2ccc(C(=O)N(C)C3CCN(c4ccncc4)CC3)cc21)C(=O)c1c(F)cccc1Cl. The van der Waals surface area contributed by atoms with Gasteiger partial charge in [-0.3, -0.25) is 14.6 Å². The minimum Gasteiger partial charge on any atom is -0.371 e. The van der Waals surface area contributed by atoms with Gasteiger partial charge in [0.15, 0.2) is 5.78 Å². The molecule has 1 fully saturated rings. The Hall–Kier alpha value is -3.29. The number of nitrogens with one attached hydrogen (secondary N) is 1. The monoisotopic (exact) mass is 534 g/mol. The van der Waals surface area contributed by atoms with Crippen molar-refractivity contribution >= 4 is 29.0 Å². The zero-order valence-electron chi connectivity index (χ0n) is 21.7. The first-order valence-electron chi connectivity index (χ1n) is 13.1. The van der Waals surface area contributed by atoms with Crippen molar-refractivity contribution in [3.63, 3.8) is 0 Å². The summed E-state index contributed by atoms with van der Waals surface area (Å²) in [5.74, 6) is -1.000. The van der Waals surface area contributed by atoms with E-state index >= 15 is 0 Å². The van der Waals surface area contributed by atoms with Crippen molar-refractivity contribution in [1.82, 2.24) is 15.2 Å². The van der Waals surface area contributed by atoms with Gasteiger partial charge in [0.05, 0.1) is 16.6 Å². The summed E-state index contributed by atoms with van der Waals surface area (Å²) in [5.41, 5.74) is 3.90. The number of carbonyl (C=O) groups is 2. The second-order valence-corrected chi connectivity index (χ2v) is 10.6. The number of ketones is 1. The number of carbonyl (C=O) groups excluding carboxylic acids is 2. The van der Waals surface area contributed by atoms with Crippen LogP contribution in [0, 0.1) is 5.82 Å². The van der Waals surface area contributed by atoms with Crippen LogP contribution in [0.1, 0.15) is 64.1 Å². The first-order chi connectivity index (χ1) is 18.3. The molecule has 1 aromatic heterocycles. The van der Waals surface area contributed by atoms with E-state index in [1.807, 2.05) is 42.3 Å². The van der Waals surface area contributed by atoms with E-state index in [9.17, 15) is 14.0 Å². The molecular formula is C30H32ClFN4O2. The van der Waals surface area contributed by atoms with Crippen molar-refractivity contribution in [3.05, 3.63) is 94.0 Å². The number of amides is 1. The van der Waals surface area contributed by atoms with E-state index in [1.165, 1.54) is 18.2 Å². The summed E-state index contributed by atoms with van der Waals surface area (Å²) in [6.07, 6.45) is 7.07. The molecule has 1 aliphatic carbocycles. The van der Waals surface area contributed by atoms with Crippen molar-refractivity contribution in [3.8, 4) is 0 Å². The lowest BCUT2D eigenvalue weighted by molar-refractivity contribution is 0.0708. The lowest BCUT2D eigenvalue weighted by Crippen LogP contribution is -2.45. The van der Waals surface area contributed by atoms with Gasteiger partial charge in [0.2, 0.25) is 0 Å². The first kappa shape index (κ1) is 26.3. The largest absolute Gasteiger partial charge is 0.371 e. The lowest BCUT2D eigenvalue weighted by atomic mass is 9.99. The number of aromatic nitrogens is 1. The predicted octanol–water partition coefficient (Wildman–Crippen LogP) is 5.46. The molecular weight excluding hydrogens is 503 g/mol. The molecule has 198 valence electrons. The van der Waals surface area contributed by atoms with Crippen LogP contribution in [0.15, 0.2) is 60.9 Å². The minimum absolute atomic E-state index is 0.00285. The molecule has 38 heavy (non-hydrogen) atoms. The third-order valence-electron chi connectivity index (χ3n) is 7.88. The molecule has 8 heteroatoms.